The smallest absolute Gasteiger partial charge is 0.115 e. The van der Waals surface area contributed by atoms with Gasteiger partial charge in [0.1, 0.15) is 6.33 Å². The zero-order valence-corrected chi connectivity index (χ0v) is 10.6. The van der Waals surface area contributed by atoms with Gasteiger partial charge in [-0.2, -0.15) is 0 Å². The van der Waals surface area contributed by atoms with Crippen molar-refractivity contribution in [1.82, 2.24) is 20.2 Å². The lowest BCUT2D eigenvalue weighted by molar-refractivity contribution is 0.245. The third-order valence-corrected chi connectivity index (χ3v) is 3.54. The van der Waals surface area contributed by atoms with Gasteiger partial charge >= 0.3 is 0 Å². The van der Waals surface area contributed by atoms with Crippen LogP contribution in [0.2, 0.25) is 0 Å². The number of hydrogen-bond acceptors (Lipinski definition) is 4. The Balaban J connectivity index is 1.59. The summed E-state index contributed by atoms with van der Waals surface area (Å²) in [6.45, 7) is 2.98. The van der Waals surface area contributed by atoms with Crippen molar-refractivity contribution in [1.29, 1.82) is 0 Å². The number of hydrogen-bond donors (Lipinski definition) is 1. The molecule has 94 valence electrons. The van der Waals surface area contributed by atoms with Gasteiger partial charge in [-0.1, -0.05) is 12.8 Å². The molecule has 17 heavy (non-hydrogen) atoms. The lowest BCUT2D eigenvalue weighted by Gasteiger charge is -2.23. The molecule has 0 saturated heterocycles. The Morgan fingerprint density at radius 1 is 1.41 bits per heavy atom. The summed E-state index contributed by atoms with van der Waals surface area (Å²) in [7, 11) is 2.24. The van der Waals surface area contributed by atoms with Gasteiger partial charge < -0.3 is 10.2 Å². The molecular formula is C13H22N4. The Bertz CT molecular complexity index is 308. The van der Waals surface area contributed by atoms with Crippen molar-refractivity contribution >= 4 is 0 Å². The zero-order valence-electron chi connectivity index (χ0n) is 10.6. The van der Waals surface area contributed by atoms with E-state index in [-0.39, 0.29) is 0 Å². The fraction of sp³-hybridized carbons (Fsp3) is 0.692. The van der Waals surface area contributed by atoms with Gasteiger partial charge in [-0.25, -0.2) is 9.97 Å². The van der Waals surface area contributed by atoms with E-state index in [1.807, 2.05) is 6.07 Å². The molecule has 4 nitrogen and oxygen atoms in total. The maximum Gasteiger partial charge on any atom is 0.115 e. The first-order valence-corrected chi connectivity index (χ1v) is 6.52. The predicted molar refractivity (Wildman–Crippen MR) is 68.6 cm³/mol. The number of nitrogens with zero attached hydrogens (tertiary/aromatic N) is 3. The molecule has 1 aliphatic carbocycles. The average Bonchev–Trinajstić information content (AvgIpc) is 2.89. The molecule has 0 bridgehead atoms. The molecule has 0 aliphatic heterocycles. The summed E-state index contributed by atoms with van der Waals surface area (Å²) in [6.07, 6.45) is 8.95. The van der Waals surface area contributed by atoms with Crippen LogP contribution in [-0.2, 0) is 6.54 Å². The molecule has 1 aromatic heterocycles. The first kappa shape index (κ1) is 12.5. The van der Waals surface area contributed by atoms with Crippen LogP contribution in [0.15, 0.2) is 18.6 Å². The fourth-order valence-electron chi connectivity index (χ4n) is 2.42. The van der Waals surface area contributed by atoms with Crippen LogP contribution in [0.3, 0.4) is 0 Å². The van der Waals surface area contributed by atoms with Crippen LogP contribution in [0.5, 0.6) is 0 Å². The predicted octanol–water partition coefficient (Wildman–Crippen LogP) is 1.44. The maximum atomic E-state index is 4.19. The molecule has 1 heterocycles. The Morgan fingerprint density at radius 2 is 2.24 bits per heavy atom. The quantitative estimate of drug-likeness (QED) is 0.756. The summed E-state index contributed by atoms with van der Waals surface area (Å²) in [5, 5.41) is 3.42. The fourth-order valence-corrected chi connectivity index (χ4v) is 2.42. The topological polar surface area (TPSA) is 41.0 Å². The summed E-state index contributed by atoms with van der Waals surface area (Å²) in [6, 6.07) is 2.77. The Morgan fingerprint density at radius 3 is 2.94 bits per heavy atom. The number of nitrogens with one attached hydrogen (secondary N) is 1. The Hall–Kier alpha value is -1.00. The van der Waals surface area contributed by atoms with Crippen molar-refractivity contribution in [2.24, 2.45) is 0 Å². The molecule has 1 fully saturated rings. The van der Waals surface area contributed by atoms with Gasteiger partial charge in [-0.05, 0) is 26.0 Å². The third-order valence-electron chi connectivity index (χ3n) is 3.54. The molecule has 1 saturated carbocycles. The van der Waals surface area contributed by atoms with Crippen molar-refractivity contribution in [3.05, 3.63) is 24.3 Å². The van der Waals surface area contributed by atoms with Crippen LogP contribution in [0.25, 0.3) is 0 Å². The second-order valence-corrected chi connectivity index (χ2v) is 4.80. The molecule has 2 rings (SSSR count). The number of likely N-dealkylation sites (N-methyl/N-ethyl adjacent to an activating group) is 1. The van der Waals surface area contributed by atoms with Gasteiger partial charge in [-0.3, -0.25) is 0 Å². The highest BCUT2D eigenvalue weighted by Gasteiger charge is 2.18. The van der Waals surface area contributed by atoms with Gasteiger partial charge in [-0.15, -0.1) is 0 Å². The van der Waals surface area contributed by atoms with E-state index >= 15 is 0 Å². The lowest BCUT2D eigenvalue weighted by atomic mass is 10.2. The van der Waals surface area contributed by atoms with E-state index in [0.717, 1.165) is 31.4 Å². The Labute approximate surface area is 103 Å². The largest absolute Gasteiger partial charge is 0.310 e. The van der Waals surface area contributed by atoms with Crippen molar-refractivity contribution in [2.45, 2.75) is 38.3 Å². The van der Waals surface area contributed by atoms with Crippen LogP contribution in [0.1, 0.15) is 31.4 Å². The minimum Gasteiger partial charge on any atom is -0.310 e. The van der Waals surface area contributed by atoms with Gasteiger partial charge in [0.2, 0.25) is 0 Å². The van der Waals surface area contributed by atoms with E-state index in [1.165, 1.54) is 25.7 Å². The monoisotopic (exact) mass is 234 g/mol. The van der Waals surface area contributed by atoms with Crippen molar-refractivity contribution in [3.8, 4) is 0 Å². The summed E-state index contributed by atoms with van der Waals surface area (Å²) in [4.78, 5) is 10.6. The van der Waals surface area contributed by atoms with Gasteiger partial charge in [0.25, 0.3) is 0 Å². The van der Waals surface area contributed by atoms with E-state index in [1.54, 1.807) is 12.5 Å². The molecule has 1 aliphatic rings. The summed E-state index contributed by atoms with van der Waals surface area (Å²) >= 11 is 0. The van der Waals surface area contributed by atoms with Crippen LogP contribution in [-0.4, -0.2) is 41.0 Å². The van der Waals surface area contributed by atoms with Gasteiger partial charge in [0.05, 0.1) is 5.69 Å². The lowest BCUT2D eigenvalue weighted by Crippen LogP contribution is -2.35. The standard InChI is InChI=1S/C13H22N4/c1-17(13-4-2-3-5-13)9-8-14-10-12-6-7-15-11-16-12/h6-7,11,13-14H,2-5,8-10H2,1H3. The molecule has 0 amide bonds. The maximum absolute atomic E-state index is 4.19. The molecule has 1 N–H and O–H groups in total. The van der Waals surface area contributed by atoms with Gasteiger partial charge in [0, 0.05) is 31.9 Å². The SMILES string of the molecule is CN(CCNCc1ccncn1)C1CCCC1. The van der Waals surface area contributed by atoms with Crippen molar-refractivity contribution in [2.75, 3.05) is 20.1 Å². The van der Waals surface area contributed by atoms with Crippen LogP contribution in [0.4, 0.5) is 0 Å². The van der Waals surface area contributed by atoms with E-state index in [0.29, 0.717) is 0 Å². The molecule has 0 radical (unpaired) electrons. The number of rotatable bonds is 6. The second-order valence-electron chi connectivity index (χ2n) is 4.80. The highest BCUT2D eigenvalue weighted by atomic mass is 15.1. The highest BCUT2D eigenvalue weighted by Crippen LogP contribution is 2.21. The molecule has 0 atom stereocenters. The van der Waals surface area contributed by atoms with Crippen LogP contribution >= 0.6 is 0 Å². The average molecular weight is 234 g/mol. The molecule has 0 spiro atoms. The van der Waals surface area contributed by atoms with Crippen LogP contribution < -0.4 is 5.32 Å². The molecule has 1 aromatic rings. The summed E-state index contributed by atoms with van der Waals surface area (Å²) in [5.41, 5.74) is 1.06. The van der Waals surface area contributed by atoms with Gasteiger partial charge in [0.15, 0.2) is 0 Å². The van der Waals surface area contributed by atoms with Crippen molar-refractivity contribution < 1.29 is 0 Å². The zero-order chi connectivity index (χ0) is 11.9. The summed E-state index contributed by atoms with van der Waals surface area (Å²) in [5.74, 6) is 0. The van der Waals surface area contributed by atoms with E-state index in [2.05, 4.69) is 27.2 Å². The number of aromatic nitrogens is 2. The molecule has 4 heteroatoms. The second kappa shape index (κ2) is 6.67. The first-order chi connectivity index (χ1) is 8.36. The van der Waals surface area contributed by atoms with Crippen molar-refractivity contribution in [3.63, 3.8) is 0 Å². The normalized spacial score (nSPS) is 16.8. The molecule has 0 aromatic carbocycles. The minimum atomic E-state index is 0.816. The molecule has 0 unspecified atom stereocenters. The van der Waals surface area contributed by atoms with E-state index in [9.17, 15) is 0 Å². The van der Waals surface area contributed by atoms with Crippen LogP contribution in [0, 0.1) is 0 Å². The first-order valence-electron chi connectivity index (χ1n) is 6.52. The highest BCUT2D eigenvalue weighted by molar-refractivity contribution is 4.96. The van der Waals surface area contributed by atoms with E-state index < -0.39 is 0 Å². The third kappa shape index (κ3) is 4.06. The van der Waals surface area contributed by atoms with E-state index in [4.69, 9.17) is 0 Å². The Kier molecular flexibility index (Phi) is 4.88. The summed E-state index contributed by atoms with van der Waals surface area (Å²) < 4.78 is 0. The minimum absolute atomic E-state index is 0.816. The molecular weight excluding hydrogens is 212 g/mol.